The van der Waals surface area contributed by atoms with Crippen LogP contribution in [0.2, 0.25) is 0 Å². The normalized spacial score (nSPS) is 20.9. The molecule has 0 bridgehead atoms. The van der Waals surface area contributed by atoms with Gasteiger partial charge in [-0.2, -0.15) is 0 Å². The highest BCUT2D eigenvalue weighted by Gasteiger charge is 2.20. The summed E-state index contributed by atoms with van der Waals surface area (Å²) in [6.07, 6.45) is 4.04. The largest absolute Gasteiger partial charge is 0.490 e. The number of nitrogens with zero attached hydrogens (tertiary/aromatic N) is 2. The van der Waals surface area contributed by atoms with Crippen molar-refractivity contribution in [3.05, 3.63) is 18.3 Å². The molecule has 1 aromatic heterocycles. The van der Waals surface area contributed by atoms with Crippen molar-refractivity contribution in [2.24, 2.45) is 5.73 Å². The molecular weight excluding hydrogens is 202 g/mol. The van der Waals surface area contributed by atoms with Crippen LogP contribution in [0, 0.1) is 0 Å². The molecule has 2 rings (SSSR count). The van der Waals surface area contributed by atoms with Crippen molar-refractivity contribution < 1.29 is 4.74 Å². The summed E-state index contributed by atoms with van der Waals surface area (Å²) in [5.74, 6) is 1.79. The van der Waals surface area contributed by atoms with Gasteiger partial charge in [0, 0.05) is 25.3 Å². The molecule has 0 aliphatic carbocycles. The van der Waals surface area contributed by atoms with Crippen molar-refractivity contribution in [1.29, 1.82) is 0 Å². The van der Waals surface area contributed by atoms with E-state index in [-0.39, 0.29) is 6.04 Å². The lowest BCUT2D eigenvalue weighted by atomic mass is 10.1. The zero-order valence-electron chi connectivity index (χ0n) is 9.72. The third kappa shape index (κ3) is 2.44. The molecular formula is C12H19N3O. The van der Waals surface area contributed by atoms with Crippen molar-refractivity contribution >= 4 is 5.82 Å². The first-order valence-electron chi connectivity index (χ1n) is 5.89. The third-order valence-electron chi connectivity index (χ3n) is 2.81. The first kappa shape index (κ1) is 11.2. The van der Waals surface area contributed by atoms with Gasteiger partial charge < -0.3 is 15.4 Å². The summed E-state index contributed by atoms with van der Waals surface area (Å²) in [4.78, 5) is 6.62. The molecule has 1 fully saturated rings. The Morgan fingerprint density at radius 2 is 2.50 bits per heavy atom. The van der Waals surface area contributed by atoms with E-state index in [4.69, 9.17) is 10.5 Å². The van der Waals surface area contributed by atoms with E-state index in [9.17, 15) is 0 Å². The molecule has 16 heavy (non-hydrogen) atoms. The number of hydrogen-bond donors (Lipinski definition) is 1. The van der Waals surface area contributed by atoms with E-state index >= 15 is 0 Å². The number of rotatable bonds is 3. The minimum absolute atomic E-state index is 0.255. The molecule has 0 unspecified atom stereocenters. The lowest BCUT2D eigenvalue weighted by Crippen LogP contribution is -2.43. The van der Waals surface area contributed by atoms with Crippen LogP contribution in [-0.4, -0.2) is 30.7 Å². The number of hydrogen-bond acceptors (Lipinski definition) is 4. The van der Waals surface area contributed by atoms with E-state index < -0.39 is 0 Å². The molecule has 4 nitrogen and oxygen atoms in total. The average molecular weight is 221 g/mol. The molecule has 2 heterocycles. The van der Waals surface area contributed by atoms with Crippen molar-refractivity contribution in [1.82, 2.24) is 4.98 Å². The van der Waals surface area contributed by atoms with Gasteiger partial charge in [0.2, 0.25) is 0 Å². The third-order valence-corrected chi connectivity index (χ3v) is 2.81. The van der Waals surface area contributed by atoms with Gasteiger partial charge in [-0.15, -0.1) is 0 Å². The van der Waals surface area contributed by atoms with Crippen LogP contribution in [0.25, 0.3) is 0 Å². The maximum absolute atomic E-state index is 5.98. The van der Waals surface area contributed by atoms with E-state index in [2.05, 4.69) is 9.88 Å². The fourth-order valence-electron chi connectivity index (χ4n) is 2.09. The predicted molar refractivity (Wildman–Crippen MR) is 64.8 cm³/mol. The Morgan fingerprint density at radius 1 is 1.62 bits per heavy atom. The van der Waals surface area contributed by atoms with Crippen LogP contribution in [0.3, 0.4) is 0 Å². The second-order valence-electron chi connectivity index (χ2n) is 4.11. The van der Waals surface area contributed by atoms with Gasteiger partial charge in [0.25, 0.3) is 0 Å². The summed E-state index contributed by atoms with van der Waals surface area (Å²) in [5, 5.41) is 0. The molecule has 0 saturated carbocycles. The second-order valence-corrected chi connectivity index (χ2v) is 4.11. The van der Waals surface area contributed by atoms with Gasteiger partial charge in [0.1, 0.15) is 0 Å². The van der Waals surface area contributed by atoms with Crippen LogP contribution in [0.15, 0.2) is 18.3 Å². The minimum atomic E-state index is 0.255. The maximum Gasteiger partial charge on any atom is 0.171 e. The first-order valence-corrected chi connectivity index (χ1v) is 5.89. The molecule has 88 valence electrons. The molecule has 0 spiro atoms. The van der Waals surface area contributed by atoms with E-state index in [1.54, 1.807) is 6.20 Å². The summed E-state index contributed by atoms with van der Waals surface area (Å²) < 4.78 is 5.58. The van der Waals surface area contributed by atoms with Gasteiger partial charge >= 0.3 is 0 Å². The number of aromatic nitrogens is 1. The summed E-state index contributed by atoms with van der Waals surface area (Å²) in [7, 11) is 0. The molecule has 1 aliphatic rings. The van der Waals surface area contributed by atoms with Crippen LogP contribution in [0.4, 0.5) is 5.82 Å². The average Bonchev–Trinajstić information content (AvgIpc) is 2.30. The Bertz CT molecular complexity index is 343. The zero-order chi connectivity index (χ0) is 11.4. The van der Waals surface area contributed by atoms with Crippen molar-refractivity contribution in [2.45, 2.75) is 25.8 Å². The van der Waals surface area contributed by atoms with E-state index in [0.717, 1.165) is 37.5 Å². The molecule has 1 saturated heterocycles. The molecule has 2 N–H and O–H groups in total. The molecule has 0 amide bonds. The molecule has 1 atom stereocenters. The molecule has 0 aromatic carbocycles. The highest BCUT2D eigenvalue weighted by atomic mass is 16.5. The van der Waals surface area contributed by atoms with Crippen molar-refractivity contribution in [2.75, 3.05) is 24.6 Å². The van der Waals surface area contributed by atoms with E-state index in [1.807, 2.05) is 19.1 Å². The Hall–Kier alpha value is -1.29. The fraction of sp³-hybridized carbons (Fsp3) is 0.583. The molecule has 1 aliphatic heterocycles. The number of ether oxygens (including phenoxy) is 1. The molecule has 1 aromatic rings. The highest BCUT2D eigenvalue weighted by Crippen LogP contribution is 2.27. The Labute approximate surface area is 96.4 Å². The lowest BCUT2D eigenvalue weighted by Gasteiger charge is -2.32. The summed E-state index contributed by atoms with van der Waals surface area (Å²) >= 11 is 0. The number of piperidine rings is 1. The zero-order valence-corrected chi connectivity index (χ0v) is 9.72. The van der Waals surface area contributed by atoms with Crippen LogP contribution >= 0.6 is 0 Å². The van der Waals surface area contributed by atoms with Crippen LogP contribution in [0.1, 0.15) is 19.8 Å². The summed E-state index contributed by atoms with van der Waals surface area (Å²) in [5.41, 5.74) is 5.98. The van der Waals surface area contributed by atoms with Gasteiger partial charge in [-0.25, -0.2) is 4.98 Å². The standard InChI is InChI=1S/C12H19N3O/c1-2-16-11-6-3-7-14-12(11)15-8-4-5-10(13)9-15/h3,6-7,10H,2,4-5,8-9,13H2,1H3/t10-/m1/s1. The summed E-state index contributed by atoms with van der Waals surface area (Å²) in [6.45, 7) is 4.54. The van der Waals surface area contributed by atoms with Gasteiger partial charge in [-0.3, -0.25) is 0 Å². The quantitative estimate of drug-likeness (QED) is 0.838. The minimum Gasteiger partial charge on any atom is -0.490 e. The molecule has 4 heteroatoms. The molecule has 0 radical (unpaired) electrons. The van der Waals surface area contributed by atoms with Gasteiger partial charge in [-0.05, 0) is 31.9 Å². The van der Waals surface area contributed by atoms with E-state index in [1.165, 1.54) is 0 Å². The van der Waals surface area contributed by atoms with Crippen LogP contribution < -0.4 is 15.4 Å². The predicted octanol–water partition coefficient (Wildman–Crippen LogP) is 1.41. The van der Waals surface area contributed by atoms with Crippen molar-refractivity contribution in [3.8, 4) is 5.75 Å². The highest BCUT2D eigenvalue weighted by molar-refractivity contribution is 5.52. The van der Waals surface area contributed by atoms with Gasteiger partial charge in [-0.1, -0.05) is 0 Å². The topological polar surface area (TPSA) is 51.4 Å². The number of anilines is 1. The lowest BCUT2D eigenvalue weighted by molar-refractivity contribution is 0.337. The Balaban J connectivity index is 2.17. The second kappa shape index (κ2) is 5.16. The van der Waals surface area contributed by atoms with Gasteiger partial charge in [0.05, 0.1) is 6.61 Å². The number of nitrogens with two attached hydrogens (primary N) is 1. The number of pyridine rings is 1. The monoisotopic (exact) mass is 221 g/mol. The first-order chi connectivity index (χ1) is 7.81. The SMILES string of the molecule is CCOc1cccnc1N1CCC[C@@H](N)C1. The fourth-order valence-corrected chi connectivity index (χ4v) is 2.09. The smallest absolute Gasteiger partial charge is 0.171 e. The van der Waals surface area contributed by atoms with E-state index in [0.29, 0.717) is 6.61 Å². The van der Waals surface area contributed by atoms with Gasteiger partial charge in [0.15, 0.2) is 11.6 Å². The van der Waals surface area contributed by atoms with Crippen LogP contribution in [-0.2, 0) is 0 Å². The Kier molecular flexibility index (Phi) is 3.62. The van der Waals surface area contributed by atoms with Crippen molar-refractivity contribution in [3.63, 3.8) is 0 Å². The maximum atomic E-state index is 5.98. The Morgan fingerprint density at radius 3 is 3.25 bits per heavy atom. The summed E-state index contributed by atoms with van der Waals surface area (Å²) in [6, 6.07) is 4.12. The van der Waals surface area contributed by atoms with Crippen LogP contribution in [0.5, 0.6) is 5.75 Å².